The molecule has 0 spiro atoms. The second-order valence-corrected chi connectivity index (χ2v) is 5.44. The number of halogens is 1. The van der Waals surface area contributed by atoms with E-state index in [-0.39, 0.29) is 6.10 Å². The van der Waals surface area contributed by atoms with Crippen LogP contribution >= 0.6 is 15.9 Å². The van der Waals surface area contributed by atoms with E-state index >= 15 is 0 Å². The fraction of sp³-hybridized carbons (Fsp3) is 0.538. The van der Waals surface area contributed by atoms with Gasteiger partial charge in [0.2, 0.25) is 0 Å². The number of rotatable bonds is 5. The van der Waals surface area contributed by atoms with Gasteiger partial charge in [-0.3, -0.25) is 0 Å². The third-order valence-corrected chi connectivity index (χ3v) is 3.15. The summed E-state index contributed by atoms with van der Waals surface area (Å²) >= 11 is 3.55. The van der Waals surface area contributed by atoms with E-state index in [2.05, 4.69) is 33.4 Å². The molecule has 88 valence electrons. The van der Waals surface area contributed by atoms with E-state index < -0.39 is 0 Å². The van der Waals surface area contributed by atoms with E-state index in [0.717, 1.165) is 22.8 Å². The van der Waals surface area contributed by atoms with Crippen LogP contribution in [0.1, 0.15) is 32.3 Å². The summed E-state index contributed by atoms with van der Waals surface area (Å²) in [5, 5.41) is 3.50. The summed E-state index contributed by atoms with van der Waals surface area (Å²) in [6.07, 6.45) is 2.87. The topological polar surface area (TPSA) is 21.3 Å². The minimum Gasteiger partial charge on any atom is -0.490 e. The van der Waals surface area contributed by atoms with Crippen molar-refractivity contribution in [3.8, 4) is 5.75 Å². The minimum absolute atomic E-state index is 0.215. The van der Waals surface area contributed by atoms with Crippen molar-refractivity contribution in [2.45, 2.75) is 45.4 Å². The zero-order chi connectivity index (χ0) is 11.5. The maximum absolute atomic E-state index is 5.67. The Bertz CT molecular complexity index is 361. The van der Waals surface area contributed by atoms with Crippen LogP contribution in [0.5, 0.6) is 5.75 Å². The van der Waals surface area contributed by atoms with Crippen molar-refractivity contribution < 1.29 is 4.74 Å². The molecule has 1 aromatic rings. The average Bonchev–Trinajstić information content (AvgIpc) is 3.02. The Kier molecular flexibility index (Phi) is 3.87. The van der Waals surface area contributed by atoms with Crippen LogP contribution in [0.2, 0.25) is 0 Å². The first-order chi connectivity index (χ1) is 7.65. The first-order valence-corrected chi connectivity index (χ1v) is 6.63. The molecule has 2 nitrogen and oxygen atoms in total. The Labute approximate surface area is 106 Å². The zero-order valence-corrected chi connectivity index (χ0v) is 11.4. The summed E-state index contributed by atoms with van der Waals surface area (Å²) < 4.78 is 6.71. The van der Waals surface area contributed by atoms with Gasteiger partial charge in [0.25, 0.3) is 0 Å². The third kappa shape index (κ3) is 3.49. The quantitative estimate of drug-likeness (QED) is 0.893. The molecule has 0 aromatic heterocycles. The molecule has 1 fully saturated rings. The van der Waals surface area contributed by atoms with E-state index in [1.54, 1.807) is 0 Å². The zero-order valence-electron chi connectivity index (χ0n) is 9.79. The second kappa shape index (κ2) is 5.19. The van der Waals surface area contributed by atoms with Gasteiger partial charge in [-0.15, -0.1) is 0 Å². The Balaban J connectivity index is 1.97. The highest BCUT2D eigenvalue weighted by Gasteiger charge is 2.19. The van der Waals surface area contributed by atoms with Crippen molar-refractivity contribution in [2.24, 2.45) is 0 Å². The highest BCUT2D eigenvalue weighted by molar-refractivity contribution is 9.10. The number of nitrogens with one attached hydrogen (secondary N) is 1. The fourth-order valence-electron chi connectivity index (χ4n) is 1.55. The van der Waals surface area contributed by atoms with Crippen LogP contribution in [0, 0.1) is 0 Å². The molecule has 1 aromatic carbocycles. The summed E-state index contributed by atoms with van der Waals surface area (Å²) in [7, 11) is 0. The van der Waals surface area contributed by atoms with Crippen molar-refractivity contribution in [1.82, 2.24) is 5.32 Å². The summed E-state index contributed by atoms with van der Waals surface area (Å²) in [4.78, 5) is 0. The molecule has 0 amide bonds. The van der Waals surface area contributed by atoms with Crippen LogP contribution in [0.25, 0.3) is 0 Å². The van der Waals surface area contributed by atoms with Crippen LogP contribution in [0.15, 0.2) is 22.7 Å². The van der Waals surface area contributed by atoms with Gasteiger partial charge in [0, 0.05) is 12.6 Å². The summed E-state index contributed by atoms with van der Waals surface area (Å²) in [6.45, 7) is 5.02. The normalized spacial score (nSPS) is 15.5. The lowest BCUT2D eigenvalue weighted by Gasteiger charge is -2.12. The monoisotopic (exact) mass is 283 g/mol. The predicted molar refractivity (Wildman–Crippen MR) is 69.8 cm³/mol. The van der Waals surface area contributed by atoms with Gasteiger partial charge in [0.05, 0.1) is 10.6 Å². The number of hydrogen-bond donors (Lipinski definition) is 1. The number of ether oxygens (including phenoxy) is 1. The molecule has 0 saturated heterocycles. The van der Waals surface area contributed by atoms with Crippen molar-refractivity contribution >= 4 is 15.9 Å². The van der Waals surface area contributed by atoms with Gasteiger partial charge in [0.15, 0.2) is 0 Å². The van der Waals surface area contributed by atoms with Crippen LogP contribution < -0.4 is 10.1 Å². The van der Waals surface area contributed by atoms with Gasteiger partial charge in [0.1, 0.15) is 5.75 Å². The first kappa shape index (κ1) is 11.9. The van der Waals surface area contributed by atoms with E-state index in [9.17, 15) is 0 Å². The van der Waals surface area contributed by atoms with E-state index in [1.165, 1.54) is 18.4 Å². The average molecular weight is 284 g/mol. The highest BCUT2D eigenvalue weighted by atomic mass is 79.9. The Morgan fingerprint density at radius 1 is 1.44 bits per heavy atom. The van der Waals surface area contributed by atoms with Crippen LogP contribution in [0.3, 0.4) is 0 Å². The molecule has 1 N–H and O–H groups in total. The van der Waals surface area contributed by atoms with Crippen LogP contribution in [-0.4, -0.2) is 12.1 Å². The molecule has 1 aliphatic carbocycles. The highest BCUT2D eigenvalue weighted by Crippen LogP contribution is 2.27. The molecule has 0 bridgehead atoms. The first-order valence-electron chi connectivity index (χ1n) is 5.83. The van der Waals surface area contributed by atoms with Gasteiger partial charge >= 0.3 is 0 Å². The van der Waals surface area contributed by atoms with E-state index in [1.807, 2.05) is 19.9 Å². The molecule has 16 heavy (non-hydrogen) atoms. The molecule has 0 radical (unpaired) electrons. The van der Waals surface area contributed by atoms with Gasteiger partial charge in [-0.05, 0) is 60.3 Å². The molecule has 0 aliphatic heterocycles. The Morgan fingerprint density at radius 3 is 2.75 bits per heavy atom. The molecule has 0 unspecified atom stereocenters. The smallest absolute Gasteiger partial charge is 0.133 e. The standard InChI is InChI=1S/C13H18BrNO/c1-9(2)16-13-6-3-10(7-12(13)14)8-15-11-4-5-11/h3,6-7,9,11,15H,4-5,8H2,1-2H3. The number of hydrogen-bond acceptors (Lipinski definition) is 2. The predicted octanol–water partition coefficient (Wildman–Crippen LogP) is 3.49. The molecule has 0 atom stereocenters. The largest absolute Gasteiger partial charge is 0.490 e. The van der Waals surface area contributed by atoms with E-state index in [4.69, 9.17) is 4.74 Å². The molecule has 0 heterocycles. The third-order valence-electron chi connectivity index (χ3n) is 2.53. The summed E-state index contributed by atoms with van der Waals surface area (Å²) in [5.41, 5.74) is 1.30. The van der Waals surface area contributed by atoms with Crippen molar-refractivity contribution in [3.63, 3.8) is 0 Å². The van der Waals surface area contributed by atoms with Crippen LogP contribution in [0.4, 0.5) is 0 Å². The van der Waals surface area contributed by atoms with Gasteiger partial charge in [-0.1, -0.05) is 6.07 Å². The lowest BCUT2D eigenvalue weighted by molar-refractivity contribution is 0.241. The summed E-state index contributed by atoms with van der Waals surface area (Å²) in [5.74, 6) is 0.921. The second-order valence-electron chi connectivity index (χ2n) is 4.59. The summed E-state index contributed by atoms with van der Waals surface area (Å²) in [6, 6.07) is 7.05. The van der Waals surface area contributed by atoms with Crippen molar-refractivity contribution in [2.75, 3.05) is 0 Å². The van der Waals surface area contributed by atoms with Crippen LogP contribution in [-0.2, 0) is 6.54 Å². The van der Waals surface area contributed by atoms with Gasteiger partial charge < -0.3 is 10.1 Å². The molecule has 3 heteroatoms. The lowest BCUT2D eigenvalue weighted by atomic mass is 10.2. The molecule has 2 rings (SSSR count). The van der Waals surface area contributed by atoms with Crippen molar-refractivity contribution in [1.29, 1.82) is 0 Å². The minimum atomic E-state index is 0.215. The Morgan fingerprint density at radius 2 is 2.19 bits per heavy atom. The maximum Gasteiger partial charge on any atom is 0.133 e. The van der Waals surface area contributed by atoms with E-state index in [0.29, 0.717) is 0 Å². The van der Waals surface area contributed by atoms with Crippen molar-refractivity contribution in [3.05, 3.63) is 28.2 Å². The SMILES string of the molecule is CC(C)Oc1ccc(CNC2CC2)cc1Br. The molecule has 1 aliphatic rings. The molecular weight excluding hydrogens is 266 g/mol. The van der Waals surface area contributed by atoms with Gasteiger partial charge in [-0.25, -0.2) is 0 Å². The number of benzene rings is 1. The molecule has 1 saturated carbocycles. The van der Waals surface area contributed by atoms with Gasteiger partial charge in [-0.2, -0.15) is 0 Å². The maximum atomic E-state index is 5.67. The molecular formula is C13H18BrNO. The Hall–Kier alpha value is -0.540. The fourth-order valence-corrected chi connectivity index (χ4v) is 2.07. The lowest BCUT2D eigenvalue weighted by Crippen LogP contribution is -2.15.